The average Bonchev–Trinajstić information content (AvgIpc) is 2.18. The summed E-state index contributed by atoms with van der Waals surface area (Å²) in [5, 5.41) is 2.71. The Bertz CT molecular complexity index is 404. The Morgan fingerprint density at radius 1 is 1.50 bits per heavy atom. The van der Waals surface area contributed by atoms with Crippen molar-refractivity contribution < 1.29 is 9.18 Å². The van der Waals surface area contributed by atoms with E-state index in [-0.39, 0.29) is 11.7 Å². The Kier molecular flexibility index (Phi) is 3.59. The second-order valence-corrected chi connectivity index (χ2v) is 5.03. The highest BCUT2D eigenvalue weighted by Crippen LogP contribution is 2.29. The van der Waals surface area contributed by atoms with Gasteiger partial charge in [0.05, 0.1) is 4.47 Å². The van der Waals surface area contributed by atoms with Gasteiger partial charge in [0.25, 0.3) is 0 Å². The molecule has 4 heteroatoms. The van der Waals surface area contributed by atoms with E-state index in [9.17, 15) is 9.18 Å². The first-order valence-electron chi connectivity index (χ1n) is 5.40. The molecule has 1 aliphatic carbocycles. The highest BCUT2D eigenvalue weighted by molar-refractivity contribution is 9.10. The Labute approximate surface area is 102 Å². The lowest BCUT2D eigenvalue weighted by atomic mass is 9.83. The first-order chi connectivity index (χ1) is 7.65. The van der Waals surface area contributed by atoms with Gasteiger partial charge in [-0.15, -0.1) is 0 Å². The molecule has 1 saturated carbocycles. The summed E-state index contributed by atoms with van der Waals surface area (Å²) >= 11 is 3.07. The molecule has 1 amide bonds. The minimum Gasteiger partial charge on any atom is -0.326 e. The second-order valence-electron chi connectivity index (χ2n) is 4.18. The van der Waals surface area contributed by atoms with Crippen molar-refractivity contribution in [1.82, 2.24) is 0 Å². The lowest BCUT2D eigenvalue weighted by Gasteiger charge is -2.24. The van der Waals surface area contributed by atoms with Gasteiger partial charge in [-0.25, -0.2) is 4.39 Å². The molecule has 0 aromatic heterocycles. The molecule has 0 unspecified atom stereocenters. The molecule has 1 fully saturated rings. The van der Waals surface area contributed by atoms with Crippen molar-refractivity contribution in [2.75, 3.05) is 5.32 Å². The van der Waals surface area contributed by atoms with Crippen LogP contribution in [0.2, 0.25) is 0 Å². The number of nitrogens with one attached hydrogen (secondary N) is 1. The lowest BCUT2D eigenvalue weighted by Crippen LogP contribution is -2.20. The van der Waals surface area contributed by atoms with Gasteiger partial charge in [-0.3, -0.25) is 4.79 Å². The fourth-order valence-electron chi connectivity index (χ4n) is 1.75. The zero-order valence-corrected chi connectivity index (χ0v) is 10.4. The molecule has 0 radical (unpaired) electrons. The topological polar surface area (TPSA) is 29.1 Å². The highest BCUT2D eigenvalue weighted by atomic mass is 79.9. The molecule has 2 nitrogen and oxygen atoms in total. The predicted octanol–water partition coefficient (Wildman–Crippen LogP) is 3.72. The molecule has 0 heterocycles. The van der Waals surface area contributed by atoms with Gasteiger partial charge in [-0.2, -0.15) is 0 Å². The van der Waals surface area contributed by atoms with E-state index in [1.54, 1.807) is 12.1 Å². The Morgan fingerprint density at radius 3 is 2.81 bits per heavy atom. The third kappa shape index (κ3) is 2.82. The molecular formula is C12H13BrFNO. The molecule has 0 bridgehead atoms. The second kappa shape index (κ2) is 4.95. The van der Waals surface area contributed by atoms with Crippen LogP contribution >= 0.6 is 15.9 Å². The van der Waals surface area contributed by atoms with Gasteiger partial charge >= 0.3 is 0 Å². The van der Waals surface area contributed by atoms with E-state index in [1.165, 1.54) is 12.5 Å². The first kappa shape index (κ1) is 11.6. The molecule has 16 heavy (non-hydrogen) atoms. The molecule has 0 spiro atoms. The molecule has 86 valence electrons. The minimum atomic E-state index is -0.360. The number of carbonyl (C=O) groups excluding carboxylic acids is 1. The van der Waals surface area contributed by atoms with E-state index in [2.05, 4.69) is 21.2 Å². The van der Waals surface area contributed by atoms with E-state index in [0.717, 1.165) is 12.8 Å². The standard InChI is InChI=1S/C12H13BrFNO/c13-10-5-4-9(7-11(10)14)15-12(16)6-8-2-1-3-8/h4-5,7-8H,1-3,6H2,(H,15,16). The smallest absolute Gasteiger partial charge is 0.224 e. The van der Waals surface area contributed by atoms with Gasteiger partial charge in [-0.1, -0.05) is 6.42 Å². The van der Waals surface area contributed by atoms with Crippen molar-refractivity contribution in [3.05, 3.63) is 28.5 Å². The first-order valence-corrected chi connectivity index (χ1v) is 6.19. The van der Waals surface area contributed by atoms with Crippen LogP contribution in [0.25, 0.3) is 0 Å². The number of hydrogen-bond acceptors (Lipinski definition) is 1. The molecule has 1 aromatic rings. The van der Waals surface area contributed by atoms with Crippen LogP contribution in [0.3, 0.4) is 0 Å². The number of hydrogen-bond donors (Lipinski definition) is 1. The van der Waals surface area contributed by atoms with Crippen molar-refractivity contribution in [3.8, 4) is 0 Å². The quantitative estimate of drug-likeness (QED) is 0.901. The van der Waals surface area contributed by atoms with Crippen LogP contribution < -0.4 is 5.32 Å². The fraction of sp³-hybridized carbons (Fsp3) is 0.417. The average molecular weight is 286 g/mol. The molecule has 1 aromatic carbocycles. The van der Waals surface area contributed by atoms with E-state index in [4.69, 9.17) is 0 Å². The number of benzene rings is 1. The zero-order valence-electron chi connectivity index (χ0n) is 8.80. The van der Waals surface area contributed by atoms with E-state index >= 15 is 0 Å². The third-order valence-electron chi connectivity index (χ3n) is 2.90. The van der Waals surface area contributed by atoms with Crippen molar-refractivity contribution >= 4 is 27.5 Å². The molecular weight excluding hydrogens is 273 g/mol. The number of rotatable bonds is 3. The molecule has 2 rings (SSSR count). The maximum absolute atomic E-state index is 13.2. The van der Waals surface area contributed by atoms with Gasteiger partial charge < -0.3 is 5.32 Å². The molecule has 0 aliphatic heterocycles. The summed E-state index contributed by atoms with van der Waals surface area (Å²) in [5.74, 6) is 0.146. The van der Waals surface area contributed by atoms with Crippen LogP contribution in [-0.4, -0.2) is 5.91 Å². The number of halogens is 2. The maximum Gasteiger partial charge on any atom is 0.224 e. The Hall–Kier alpha value is -0.900. The molecule has 1 N–H and O–H groups in total. The van der Waals surface area contributed by atoms with Crippen molar-refractivity contribution in [3.63, 3.8) is 0 Å². The van der Waals surface area contributed by atoms with Gasteiger partial charge in [0.15, 0.2) is 0 Å². The SMILES string of the molecule is O=C(CC1CCC1)Nc1ccc(Br)c(F)c1. The summed E-state index contributed by atoms with van der Waals surface area (Å²) in [5.41, 5.74) is 0.519. The monoisotopic (exact) mass is 285 g/mol. The van der Waals surface area contributed by atoms with E-state index in [0.29, 0.717) is 22.5 Å². The zero-order chi connectivity index (χ0) is 11.5. The predicted molar refractivity (Wildman–Crippen MR) is 64.7 cm³/mol. The van der Waals surface area contributed by atoms with E-state index < -0.39 is 0 Å². The minimum absolute atomic E-state index is 0.0218. The van der Waals surface area contributed by atoms with Crippen molar-refractivity contribution in [2.24, 2.45) is 5.92 Å². The summed E-state index contributed by atoms with van der Waals surface area (Å²) in [7, 11) is 0. The van der Waals surface area contributed by atoms with Crippen LogP contribution in [0.5, 0.6) is 0 Å². The highest BCUT2D eigenvalue weighted by Gasteiger charge is 2.20. The van der Waals surface area contributed by atoms with Crippen molar-refractivity contribution in [1.29, 1.82) is 0 Å². The fourth-order valence-corrected chi connectivity index (χ4v) is 1.99. The Balaban J connectivity index is 1.92. The molecule has 0 saturated heterocycles. The maximum atomic E-state index is 13.2. The molecule has 0 atom stereocenters. The van der Waals surface area contributed by atoms with Gasteiger partial charge in [0, 0.05) is 12.1 Å². The van der Waals surface area contributed by atoms with Gasteiger partial charge in [0.2, 0.25) is 5.91 Å². The van der Waals surface area contributed by atoms with Crippen LogP contribution in [-0.2, 0) is 4.79 Å². The summed E-state index contributed by atoms with van der Waals surface area (Å²) in [6.45, 7) is 0. The summed E-state index contributed by atoms with van der Waals surface area (Å²) in [4.78, 5) is 11.6. The van der Waals surface area contributed by atoms with Crippen LogP contribution in [0, 0.1) is 11.7 Å². The third-order valence-corrected chi connectivity index (χ3v) is 3.55. The van der Waals surface area contributed by atoms with E-state index in [1.807, 2.05) is 0 Å². The Morgan fingerprint density at radius 2 is 2.25 bits per heavy atom. The van der Waals surface area contributed by atoms with Gasteiger partial charge in [-0.05, 0) is 52.9 Å². The summed E-state index contributed by atoms with van der Waals surface area (Å²) < 4.78 is 13.6. The van der Waals surface area contributed by atoms with Crippen LogP contribution in [0.15, 0.2) is 22.7 Å². The largest absolute Gasteiger partial charge is 0.326 e. The number of anilines is 1. The van der Waals surface area contributed by atoms with Gasteiger partial charge in [0.1, 0.15) is 5.82 Å². The lowest BCUT2D eigenvalue weighted by molar-refractivity contribution is -0.117. The normalized spacial score (nSPS) is 15.6. The number of carbonyl (C=O) groups is 1. The summed E-state index contributed by atoms with van der Waals surface area (Å²) in [6.07, 6.45) is 4.06. The van der Waals surface area contributed by atoms with Crippen LogP contribution in [0.1, 0.15) is 25.7 Å². The molecule has 1 aliphatic rings. The number of amides is 1. The van der Waals surface area contributed by atoms with Crippen LogP contribution in [0.4, 0.5) is 10.1 Å². The van der Waals surface area contributed by atoms with Crippen molar-refractivity contribution in [2.45, 2.75) is 25.7 Å². The summed E-state index contributed by atoms with van der Waals surface area (Å²) in [6, 6.07) is 4.60.